The molecule has 0 aliphatic rings. The van der Waals surface area contributed by atoms with E-state index in [1.54, 1.807) is 25.3 Å². The van der Waals surface area contributed by atoms with Crippen LogP contribution in [0.4, 0.5) is 0 Å². The third-order valence-electron chi connectivity index (χ3n) is 1.52. The molecule has 0 radical (unpaired) electrons. The Morgan fingerprint density at radius 1 is 1.71 bits per heavy atom. The Balaban J connectivity index is 2.25. The van der Waals surface area contributed by atoms with E-state index >= 15 is 0 Å². The van der Waals surface area contributed by atoms with Crippen LogP contribution in [0.25, 0.3) is 0 Å². The number of furan rings is 1. The predicted molar refractivity (Wildman–Crippen MR) is 49.8 cm³/mol. The van der Waals surface area contributed by atoms with Gasteiger partial charge >= 0.3 is 5.97 Å². The molecule has 0 aliphatic carbocycles. The van der Waals surface area contributed by atoms with Crippen molar-refractivity contribution in [3.05, 3.63) is 35.8 Å². The SMILES string of the molecule is CC(=CC(=O)O)COCc1ccco1. The number of carboxylic acids is 1. The Bertz CT molecular complexity index is 311. The van der Waals surface area contributed by atoms with Crippen molar-refractivity contribution in [2.24, 2.45) is 0 Å². The van der Waals surface area contributed by atoms with Crippen molar-refractivity contribution in [2.75, 3.05) is 6.61 Å². The summed E-state index contributed by atoms with van der Waals surface area (Å²) in [4.78, 5) is 10.3. The van der Waals surface area contributed by atoms with Crippen LogP contribution in [0.5, 0.6) is 0 Å². The Morgan fingerprint density at radius 2 is 2.50 bits per heavy atom. The maximum Gasteiger partial charge on any atom is 0.328 e. The van der Waals surface area contributed by atoms with Crippen LogP contribution in [0.1, 0.15) is 12.7 Å². The van der Waals surface area contributed by atoms with Gasteiger partial charge in [-0.15, -0.1) is 0 Å². The molecular formula is C10H12O4. The molecule has 0 aliphatic heterocycles. The largest absolute Gasteiger partial charge is 0.478 e. The highest BCUT2D eigenvalue weighted by Gasteiger charge is 1.97. The summed E-state index contributed by atoms with van der Waals surface area (Å²) in [6.07, 6.45) is 2.70. The zero-order valence-electron chi connectivity index (χ0n) is 7.90. The maximum absolute atomic E-state index is 10.3. The molecule has 0 unspecified atom stereocenters. The molecule has 4 heteroatoms. The first-order valence-electron chi connectivity index (χ1n) is 4.18. The highest BCUT2D eigenvalue weighted by atomic mass is 16.5. The van der Waals surface area contributed by atoms with Gasteiger partial charge in [0.2, 0.25) is 0 Å². The van der Waals surface area contributed by atoms with Crippen molar-refractivity contribution in [2.45, 2.75) is 13.5 Å². The molecule has 0 aromatic carbocycles. The molecule has 1 aromatic heterocycles. The second kappa shape index (κ2) is 5.24. The summed E-state index contributed by atoms with van der Waals surface area (Å²) >= 11 is 0. The van der Waals surface area contributed by atoms with E-state index in [1.165, 1.54) is 0 Å². The molecule has 1 heterocycles. The topological polar surface area (TPSA) is 59.7 Å². The van der Waals surface area contributed by atoms with E-state index in [4.69, 9.17) is 14.3 Å². The van der Waals surface area contributed by atoms with Gasteiger partial charge in [-0.25, -0.2) is 4.79 Å². The molecule has 14 heavy (non-hydrogen) atoms. The number of carbonyl (C=O) groups is 1. The minimum atomic E-state index is -0.955. The van der Waals surface area contributed by atoms with Crippen LogP contribution >= 0.6 is 0 Å². The molecular weight excluding hydrogens is 184 g/mol. The van der Waals surface area contributed by atoms with Gasteiger partial charge < -0.3 is 14.3 Å². The van der Waals surface area contributed by atoms with Gasteiger partial charge in [-0.05, 0) is 24.6 Å². The molecule has 0 spiro atoms. The molecule has 1 rings (SSSR count). The maximum atomic E-state index is 10.3. The van der Waals surface area contributed by atoms with Gasteiger partial charge in [0.1, 0.15) is 12.4 Å². The van der Waals surface area contributed by atoms with Crippen LogP contribution in [0, 0.1) is 0 Å². The minimum Gasteiger partial charge on any atom is -0.478 e. The average Bonchev–Trinajstić information content (AvgIpc) is 2.55. The number of hydrogen-bond acceptors (Lipinski definition) is 3. The molecule has 1 aromatic rings. The third kappa shape index (κ3) is 3.91. The van der Waals surface area contributed by atoms with Crippen LogP contribution in [-0.4, -0.2) is 17.7 Å². The number of rotatable bonds is 5. The van der Waals surface area contributed by atoms with Crippen molar-refractivity contribution in [1.82, 2.24) is 0 Å². The van der Waals surface area contributed by atoms with Crippen molar-refractivity contribution in [1.29, 1.82) is 0 Å². The fourth-order valence-electron chi connectivity index (χ4n) is 0.960. The summed E-state index contributed by atoms with van der Waals surface area (Å²) in [6, 6.07) is 3.58. The van der Waals surface area contributed by atoms with Gasteiger partial charge in [-0.1, -0.05) is 0 Å². The van der Waals surface area contributed by atoms with Crippen LogP contribution < -0.4 is 0 Å². The van der Waals surface area contributed by atoms with Crippen molar-refractivity contribution in [3.63, 3.8) is 0 Å². The first-order chi connectivity index (χ1) is 6.68. The first-order valence-corrected chi connectivity index (χ1v) is 4.18. The van der Waals surface area contributed by atoms with E-state index in [2.05, 4.69) is 0 Å². The van der Waals surface area contributed by atoms with E-state index in [1.807, 2.05) is 0 Å². The predicted octanol–water partition coefficient (Wildman–Crippen LogP) is 1.83. The molecule has 0 bridgehead atoms. The molecule has 0 atom stereocenters. The zero-order chi connectivity index (χ0) is 10.4. The third-order valence-corrected chi connectivity index (χ3v) is 1.52. The molecule has 0 saturated carbocycles. The average molecular weight is 196 g/mol. The van der Waals surface area contributed by atoms with Crippen LogP contribution in [0.15, 0.2) is 34.5 Å². The summed E-state index contributed by atoms with van der Waals surface area (Å²) < 4.78 is 10.3. The molecule has 0 saturated heterocycles. The second-order valence-electron chi connectivity index (χ2n) is 2.90. The fraction of sp³-hybridized carbons (Fsp3) is 0.300. The lowest BCUT2D eigenvalue weighted by molar-refractivity contribution is -0.131. The van der Waals surface area contributed by atoms with Gasteiger partial charge in [0.15, 0.2) is 0 Å². The Labute approximate surface area is 81.8 Å². The van der Waals surface area contributed by atoms with Crippen LogP contribution in [0.2, 0.25) is 0 Å². The Kier molecular flexibility index (Phi) is 3.94. The summed E-state index contributed by atoms with van der Waals surface area (Å²) in [5, 5.41) is 8.42. The highest BCUT2D eigenvalue weighted by Crippen LogP contribution is 2.03. The summed E-state index contributed by atoms with van der Waals surface area (Å²) in [5.41, 5.74) is 0.670. The van der Waals surface area contributed by atoms with Crippen molar-refractivity contribution >= 4 is 5.97 Å². The summed E-state index contributed by atoms with van der Waals surface area (Å²) in [7, 11) is 0. The van der Waals surface area contributed by atoms with Crippen LogP contribution in [0.3, 0.4) is 0 Å². The lowest BCUT2D eigenvalue weighted by Crippen LogP contribution is -1.98. The summed E-state index contributed by atoms with van der Waals surface area (Å²) in [6.45, 7) is 2.36. The van der Waals surface area contributed by atoms with Gasteiger partial charge in [-0.2, -0.15) is 0 Å². The van der Waals surface area contributed by atoms with Gasteiger partial charge in [0, 0.05) is 6.08 Å². The smallest absolute Gasteiger partial charge is 0.328 e. The molecule has 0 fully saturated rings. The number of carboxylic acid groups (broad SMARTS) is 1. The standard InChI is InChI=1S/C10H12O4/c1-8(5-10(11)12)6-13-7-9-3-2-4-14-9/h2-5H,6-7H2,1H3,(H,11,12). The van der Waals surface area contributed by atoms with Gasteiger partial charge in [0.05, 0.1) is 12.9 Å². The number of aliphatic carboxylic acids is 1. The quantitative estimate of drug-likeness (QED) is 0.730. The van der Waals surface area contributed by atoms with E-state index in [9.17, 15) is 4.79 Å². The molecule has 76 valence electrons. The number of ether oxygens (including phenoxy) is 1. The van der Waals surface area contributed by atoms with Crippen LogP contribution in [-0.2, 0) is 16.1 Å². The fourth-order valence-corrected chi connectivity index (χ4v) is 0.960. The normalized spacial score (nSPS) is 11.6. The number of hydrogen-bond donors (Lipinski definition) is 1. The van der Waals surface area contributed by atoms with Crippen molar-refractivity contribution < 1.29 is 19.1 Å². The second-order valence-corrected chi connectivity index (χ2v) is 2.90. The first kappa shape index (κ1) is 10.5. The molecule has 1 N–H and O–H groups in total. The highest BCUT2D eigenvalue weighted by molar-refractivity contribution is 5.80. The van der Waals surface area contributed by atoms with Gasteiger partial charge in [0.25, 0.3) is 0 Å². The summed E-state index contributed by atoms with van der Waals surface area (Å²) in [5.74, 6) is -0.225. The van der Waals surface area contributed by atoms with Gasteiger partial charge in [-0.3, -0.25) is 0 Å². The lowest BCUT2D eigenvalue weighted by Gasteiger charge is -2.01. The lowest BCUT2D eigenvalue weighted by atomic mass is 10.3. The van der Waals surface area contributed by atoms with E-state index < -0.39 is 5.97 Å². The molecule has 0 amide bonds. The van der Waals surface area contributed by atoms with Crippen molar-refractivity contribution in [3.8, 4) is 0 Å². The Hall–Kier alpha value is -1.55. The molecule has 4 nitrogen and oxygen atoms in total. The van der Waals surface area contributed by atoms with E-state index in [0.29, 0.717) is 18.8 Å². The van der Waals surface area contributed by atoms with E-state index in [0.717, 1.165) is 11.8 Å². The minimum absolute atomic E-state index is 0.299. The zero-order valence-corrected chi connectivity index (χ0v) is 7.90. The monoisotopic (exact) mass is 196 g/mol. The Morgan fingerprint density at radius 3 is 3.07 bits per heavy atom. The van der Waals surface area contributed by atoms with E-state index in [-0.39, 0.29) is 0 Å².